The minimum atomic E-state index is -1.000. The van der Waals surface area contributed by atoms with Gasteiger partial charge in [0.05, 0.1) is 6.04 Å². The fourth-order valence-corrected chi connectivity index (χ4v) is 5.84. The zero-order valence-corrected chi connectivity index (χ0v) is 17.1. The summed E-state index contributed by atoms with van der Waals surface area (Å²) >= 11 is 0. The van der Waals surface area contributed by atoms with E-state index in [0.29, 0.717) is 17.5 Å². The molecule has 0 spiro atoms. The Hall–Kier alpha value is -2.38. The number of methoxy groups -OCH3 is 2. The lowest BCUT2D eigenvalue weighted by molar-refractivity contribution is -0.240. The van der Waals surface area contributed by atoms with Crippen LogP contribution in [0, 0.1) is 17.8 Å². The summed E-state index contributed by atoms with van der Waals surface area (Å²) in [5, 5.41) is 0. The van der Waals surface area contributed by atoms with E-state index in [0.717, 1.165) is 12.0 Å². The number of hydrogen-bond donors (Lipinski definition) is 2. The van der Waals surface area contributed by atoms with E-state index in [-0.39, 0.29) is 41.4 Å². The van der Waals surface area contributed by atoms with Crippen LogP contribution in [0.5, 0.6) is 0 Å². The van der Waals surface area contributed by atoms with E-state index in [4.69, 9.17) is 9.47 Å². The van der Waals surface area contributed by atoms with Crippen LogP contribution in [-0.2, 0) is 15.3 Å². The highest BCUT2D eigenvalue weighted by atomic mass is 16.7. The van der Waals surface area contributed by atoms with Crippen molar-refractivity contribution in [1.82, 2.24) is 10.9 Å². The van der Waals surface area contributed by atoms with Gasteiger partial charge in [0.2, 0.25) is 5.79 Å². The Balaban J connectivity index is 1.52. The first kappa shape index (κ1) is 19.6. The molecule has 6 nitrogen and oxygen atoms in total. The van der Waals surface area contributed by atoms with Gasteiger partial charge in [0.15, 0.2) is 11.6 Å². The number of ketones is 2. The van der Waals surface area contributed by atoms with Crippen LogP contribution in [0.1, 0.15) is 39.1 Å². The Labute approximate surface area is 175 Å². The second kappa shape index (κ2) is 7.39. The maximum absolute atomic E-state index is 13.4. The number of fused-ring (bicyclic) bond motifs is 4. The molecule has 0 amide bonds. The van der Waals surface area contributed by atoms with Crippen LogP contribution < -0.4 is 10.9 Å². The number of hydrazine groups is 1. The summed E-state index contributed by atoms with van der Waals surface area (Å²) in [7, 11) is 3.28. The average molecular weight is 406 g/mol. The summed E-state index contributed by atoms with van der Waals surface area (Å²) in [6, 6.07) is 16.7. The van der Waals surface area contributed by atoms with Gasteiger partial charge < -0.3 is 9.47 Å². The topological polar surface area (TPSA) is 76.7 Å². The summed E-state index contributed by atoms with van der Waals surface area (Å²) in [5.74, 6) is -1.44. The van der Waals surface area contributed by atoms with Crippen LogP contribution in [0.3, 0.4) is 0 Å². The summed E-state index contributed by atoms with van der Waals surface area (Å²) in [4.78, 5) is 26.6. The van der Waals surface area contributed by atoms with Gasteiger partial charge in [0, 0.05) is 48.8 Å². The molecule has 2 aromatic rings. The third-order valence-corrected chi connectivity index (χ3v) is 7.22. The molecule has 156 valence electrons. The van der Waals surface area contributed by atoms with Crippen LogP contribution in [0.15, 0.2) is 54.6 Å². The van der Waals surface area contributed by atoms with Crippen molar-refractivity contribution in [3.8, 4) is 0 Å². The summed E-state index contributed by atoms with van der Waals surface area (Å²) in [5.41, 5.74) is 8.74. The fourth-order valence-electron chi connectivity index (χ4n) is 5.84. The van der Waals surface area contributed by atoms with E-state index in [1.54, 1.807) is 26.4 Å². The number of carbonyl (C=O) groups is 2. The fraction of sp³-hybridized carbons (Fsp3) is 0.417. The minimum absolute atomic E-state index is 0.0556. The van der Waals surface area contributed by atoms with Crippen molar-refractivity contribution in [2.24, 2.45) is 17.8 Å². The SMILES string of the molecule is COC(OC)(c1ccccc1)C1NNC2C1CCC1C(=O)c3ccccc3C(=O)C12. The molecule has 2 fully saturated rings. The number of Topliss-reactive ketones (excluding diaryl/α,β-unsaturated/α-hetero) is 2. The lowest BCUT2D eigenvalue weighted by Gasteiger charge is -2.44. The molecule has 0 radical (unpaired) electrons. The van der Waals surface area contributed by atoms with Gasteiger partial charge in [-0.1, -0.05) is 54.6 Å². The first-order valence-corrected chi connectivity index (χ1v) is 10.5. The van der Waals surface area contributed by atoms with Gasteiger partial charge in [-0.2, -0.15) is 0 Å². The molecule has 1 saturated heterocycles. The molecule has 5 atom stereocenters. The molecule has 3 aliphatic rings. The molecule has 0 aromatic heterocycles. The summed E-state index contributed by atoms with van der Waals surface area (Å²) in [6.45, 7) is 0. The molecule has 1 heterocycles. The Kier molecular flexibility index (Phi) is 4.82. The van der Waals surface area contributed by atoms with Gasteiger partial charge in [-0.15, -0.1) is 0 Å². The Bertz CT molecular complexity index is 972. The smallest absolute Gasteiger partial charge is 0.211 e. The standard InChI is InChI=1S/C24H26N2O4/c1-29-24(30-2,14-8-4-3-5-9-14)23-18-13-12-17-19(20(18)25-26-23)22(28)16-11-7-6-10-15(16)21(17)27/h3-11,17-20,23,25-26H,12-13H2,1-2H3. The Morgan fingerprint density at radius 1 is 0.833 bits per heavy atom. The van der Waals surface area contributed by atoms with E-state index < -0.39 is 5.79 Å². The van der Waals surface area contributed by atoms with Crippen molar-refractivity contribution < 1.29 is 19.1 Å². The second-order valence-electron chi connectivity index (χ2n) is 8.38. The maximum Gasteiger partial charge on any atom is 0.211 e. The van der Waals surface area contributed by atoms with E-state index >= 15 is 0 Å². The molecule has 2 N–H and O–H groups in total. The number of rotatable bonds is 4. The van der Waals surface area contributed by atoms with E-state index in [2.05, 4.69) is 10.9 Å². The predicted octanol–water partition coefficient (Wildman–Crippen LogP) is 2.70. The summed E-state index contributed by atoms with van der Waals surface area (Å²) < 4.78 is 11.9. The molecule has 5 unspecified atom stereocenters. The summed E-state index contributed by atoms with van der Waals surface area (Å²) in [6.07, 6.45) is 1.49. The van der Waals surface area contributed by atoms with Gasteiger partial charge in [0.1, 0.15) is 0 Å². The van der Waals surface area contributed by atoms with Crippen molar-refractivity contribution >= 4 is 11.6 Å². The van der Waals surface area contributed by atoms with Crippen LogP contribution in [0.4, 0.5) is 0 Å². The molecule has 5 rings (SSSR count). The third kappa shape index (κ3) is 2.65. The van der Waals surface area contributed by atoms with Gasteiger partial charge in [-0.3, -0.25) is 15.0 Å². The van der Waals surface area contributed by atoms with Crippen LogP contribution in [-0.4, -0.2) is 37.9 Å². The van der Waals surface area contributed by atoms with E-state index in [1.807, 2.05) is 42.5 Å². The number of benzene rings is 2. The lowest BCUT2D eigenvalue weighted by atomic mass is 9.61. The Morgan fingerprint density at radius 3 is 2.13 bits per heavy atom. The zero-order valence-electron chi connectivity index (χ0n) is 17.1. The molecule has 2 aromatic carbocycles. The normalized spacial score (nSPS) is 30.5. The van der Waals surface area contributed by atoms with Crippen LogP contribution in [0.25, 0.3) is 0 Å². The third-order valence-electron chi connectivity index (χ3n) is 7.22. The van der Waals surface area contributed by atoms with E-state index in [1.165, 1.54) is 0 Å². The molecule has 30 heavy (non-hydrogen) atoms. The zero-order chi connectivity index (χ0) is 20.9. The predicted molar refractivity (Wildman–Crippen MR) is 111 cm³/mol. The molecular formula is C24H26N2O4. The molecule has 6 heteroatoms. The number of ether oxygens (including phenoxy) is 2. The van der Waals surface area contributed by atoms with Crippen molar-refractivity contribution in [3.63, 3.8) is 0 Å². The molecule has 1 aliphatic heterocycles. The van der Waals surface area contributed by atoms with E-state index in [9.17, 15) is 9.59 Å². The first-order valence-electron chi connectivity index (χ1n) is 10.5. The molecule has 2 aliphatic carbocycles. The van der Waals surface area contributed by atoms with Crippen molar-refractivity contribution in [2.45, 2.75) is 30.7 Å². The van der Waals surface area contributed by atoms with Crippen molar-refractivity contribution in [1.29, 1.82) is 0 Å². The number of nitrogens with one attached hydrogen (secondary N) is 2. The molecule has 1 saturated carbocycles. The van der Waals surface area contributed by atoms with Gasteiger partial charge in [-0.05, 0) is 18.8 Å². The minimum Gasteiger partial charge on any atom is -0.348 e. The second-order valence-corrected chi connectivity index (χ2v) is 8.38. The largest absolute Gasteiger partial charge is 0.348 e. The average Bonchev–Trinajstić information content (AvgIpc) is 3.24. The molecule has 0 bridgehead atoms. The maximum atomic E-state index is 13.4. The highest BCUT2D eigenvalue weighted by Gasteiger charge is 2.58. The van der Waals surface area contributed by atoms with Crippen LogP contribution in [0.2, 0.25) is 0 Å². The highest BCUT2D eigenvalue weighted by Crippen LogP contribution is 2.48. The molecular weight excluding hydrogens is 380 g/mol. The number of carbonyl (C=O) groups excluding carboxylic acids is 2. The first-order chi connectivity index (χ1) is 14.6. The monoisotopic (exact) mass is 406 g/mol. The van der Waals surface area contributed by atoms with Gasteiger partial charge in [0.25, 0.3) is 0 Å². The van der Waals surface area contributed by atoms with Gasteiger partial charge in [-0.25, -0.2) is 5.43 Å². The quantitative estimate of drug-likeness (QED) is 0.761. The van der Waals surface area contributed by atoms with Crippen LogP contribution >= 0.6 is 0 Å². The number of hydrogen-bond acceptors (Lipinski definition) is 6. The van der Waals surface area contributed by atoms with Crippen molar-refractivity contribution in [3.05, 3.63) is 71.3 Å². The highest BCUT2D eigenvalue weighted by molar-refractivity contribution is 6.16. The van der Waals surface area contributed by atoms with Crippen molar-refractivity contribution in [2.75, 3.05) is 14.2 Å². The Morgan fingerprint density at radius 2 is 1.47 bits per heavy atom. The lowest BCUT2D eigenvalue weighted by Crippen LogP contribution is -2.54. The van der Waals surface area contributed by atoms with Gasteiger partial charge >= 0.3 is 0 Å².